The number of Topliss-reactive ketones (excluding diaryl/α,β-unsaturated/α-hetero) is 1. The minimum atomic E-state index is 0.158. The van der Waals surface area contributed by atoms with Crippen LogP contribution in [0.4, 0.5) is 0 Å². The lowest BCUT2D eigenvalue weighted by atomic mass is 10.0. The molecule has 2 nitrogen and oxygen atoms in total. The molecule has 0 aromatic heterocycles. The standard InChI is InChI=1S/C18H35NO/c1-2-3-4-5-6-7-8-9-10-11-12-17(20)15-18(19)16-13-14-16/h16,18H,2-15,19H2,1H3. The number of carbonyl (C=O) groups excluding carboxylic acids is 1. The first-order chi connectivity index (χ1) is 9.74. The lowest BCUT2D eigenvalue weighted by Crippen LogP contribution is -2.25. The molecule has 1 atom stereocenters. The third kappa shape index (κ3) is 9.52. The summed E-state index contributed by atoms with van der Waals surface area (Å²) in [5.74, 6) is 1.05. The highest BCUT2D eigenvalue weighted by Crippen LogP contribution is 2.33. The zero-order valence-corrected chi connectivity index (χ0v) is 13.5. The molecular weight excluding hydrogens is 246 g/mol. The molecule has 0 aromatic carbocycles. The molecule has 1 saturated carbocycles. The maximum Gasteiger partial charge on any atom is 0.134 e. The highest BCUT2D eigenvalue weighted by Gasteiger charge is 2.29. The van der Waals surface area contributed by atoms with Crippen LogP contribution in [0.5, 0.6) is 0 Å². The topological polar surface area (TPSA) is 43.1 Å². The normalized spacial score (nSPS) is 16.3. The van der Waals surface area contributed by atoms with Gasteiger partial charge in [-0.1, -0.05) is 64.7 Å². The van der Waals surface area contributed by atoms with Crippen molar-refractivity contribution in [2.75, 3.05) is 0 Å². The van der Waals surface area contributed by atoms with E-state index in [4.69, 9.17) is 5.73 Å². The van der Waals surface area contributed by atoms with E-state index in [1.165, 1.54) is 70.6 Å². The Balaban J connectivity index is 1.78. The molecule has 2 N–H and O–H groups in total. The molecule has 20 heavy (non-hydrogen) atoms. The molecule has 0 saturated heterocycles. The summed E-state index contributed by atoms with van der Waals surface area (Å²) in [6, 6.07) is 0.158. The lowest BCUT2D eigenvalue weighted by molar-refractivity contribution is -0.119. The molecule has 0 heterocycles. The number of hydrogen-bond acceptors (Lipinski definition) is 2. The summed E-state index contributed by atoms with van der Waals surface area (Å²) in [6.45, 7) is 2.26. The van der Waals surface area contributed by atoms with Crippen molar-refractivity contribution in [2.24, 2.45) is 11.7 Å². The predicted octanol–water partition coefficient (Wildman–Crippen LogP) is 4.99. The second-order valence-corrected chi connectivity index (χ2v) is 6.68. The van der Waals surface area contributed by atoms with Gasteiger partial charge in [0.2, 0.25) is 0 Å². The monoisotopic (exact) mass is 281 g/mol. The SMILES string of the molecule is CCCCCCCCCCCCC(=O)CC(N)C1CC1. The van der Waals surface area contributed by atoms with Gasteiger partial charge in [0.1, 0.15) is 5.78 Å². The maximum absolute atomic E-state index is 11.7. The van der Waals surface area contributed by atoms with Crippen LogP contribution in [0.25, 0.3) is 0 Å². The van der Waals surface area contributed by atoms with Gasteiger partial charge in [0, 0.05) is 18.9 Å². The van der Waals surface area contributed by atoms with Crippen LogP contribution in [0.1, 0.15) is 96.8 Å². The Bertz CT molecular complexity index is 248. The van der Waals surface area contributed by atoms with Crippen LogP contribution in [0, 0.1) is 5.92 Å². The molecule has 1 fully saturated rings. The van der Waals surface area contributed by atoms with E-state index in [0.29, 0.717) is 18.1 Å². The smallest absolute Gasteiger partial charge is 0.134 e. The van der Waals surface area contributed by atoms with E-state index in [-0.39, 0.29) is 6.04 Å². The summed E-state index contributed by atoms with van der Waals surface area (Å²) in [6.07, 6.45) is 17.1. The molecule has 1 unspecified atom stereocenters. The van der Waals surface area contributed by atoms with Crippen LogP contribution in [0.3, 0.4) is 0 Å². The van der Waals surface area contributed by atoms with E-state index in [9.17, 15) is 4.79 Å². The third-order valence-corrected chi connectivity index (χ3v) is 4.50. The fourth-order valence-electron chi connectivity index (χ4n) is 2.87. The summed E-state index contributed by atoms with van der Waals surface area (Å²) in [5, 5.41) is 0. The number of hydrogen-bond donors (Lipinski definition) is 1. The van der Waals surface area contributed by atoms with Gasteiger partial charge in [0.25, 0.3) is 0 Å². The van der Waals surface area contributed by atoms with Gasteiger partial charge in [-0.2, -0.15) is 0 Å². The molecule has 1 aliphatic carbocycles. The summed E-state index contributed by atoms with van der Waals surface area (Å²) in [5.41, 5.74) is 5.98. The molecule has 0 spiro atoms. The molecular formula is C18H35NO. The van der Waals surface area contributed by atoms with Gasteiger partial charge in [-0.3, -0.25) is 4.79 Å². The van der Waals surface area contributed by atoms with Crippen LogP contribution in [0.2, 0.25) is 0 Å². The number of nitrogens with two attached hydrogens (primary N) is 1. The molecule has 118 valence electrons. The quantitative estimate of drug-likeness (QED) is 0.456. The summed E-state index contributed by atoms with van der Waals surface area (Å²) in [4.78, 5) is 11.7. The van der Waals surface area contributed by atoms with Gasteiger partial charge in [0.05, 0.1) is 0 Å². The first-order valence-electron chi connectivity index (χ1n) is 9.01. The highest BCUT2D eigenvalue weighted by molar-refractivity contribution is 5.79. The van der Waals surface area contributed by atoms with Crippen molar-refractivity contribution in [1.82, 2.24) is 0 Å². The van der Waals surface area contributed by atoms with Crippen molar-refractivity contribution in [1.29, 1.82) is 0 Å². The van der Waals surface area contributed by atoms with Crippen LogP contribution < -0.4 is 5.73 Å². The van der Waals surface area contributed by atoms with E-state index >= 15 is 0 Å². The molecule has 0 aliphatic heterocycles. The summed E-state index contributed by atoms with van der Waals surface area (Å²) >= 11 is 0. The van der Waals surface area contributed by atoms with Crippen LogP contribution in [0.15, 0.2) is 0 Å². The summed E-state index contributed by atoms with van der Waals surface area (Å²) in [7, 11) is 0. The van der Waals surface area contributed by atoms with Crippen LogP contribution in [-0.4, -0.2) is 11.8 Å². The van der Waals surface area contributed by atoms with Gasteiger partial charge in [0.15, 0.2) is 0 Å². The lowest BCUT2D eigenvalue weighted by Gasteiger charge is -2.08. The number of rotatable bonds is 14. The number of ketones is 1. The fourth-order valence-corrected chi connectivity index (χ4v) is 2.87. The Labute approximate surface area is 125 Å². The van der Waals surface area contributed by atoms with E-state index in [1.807, 2.05) is 0 Å². The van der Waals surface area contributed by atoms with Crippen molar-refractivity contribution in [3.05, 3.63) is 0 Å². The van der Waals surface area contributed by atoms with E-state index in [2.05, 4.69) is 6.92 Å². The third-order valence-electron chi connectivity index (χ3n) is 4.50. The molecule has 0 radical (unpaired) electrons. The van der Waals surface area contributed by atoms with Crippen molar-refractivity contribution in [3.8, 4) is 0 Å². The Kier molecular flexibility index (Phi) is 10.00. The molecule has 0 bridgehead atoms. The van der Waals surface area contributed by atoms with E-state index in [1.54, 1.807) is 0 Å². The Morgan fingerprint density at radius 2 is 1.45 bits per heavy atom. The average molecular weight is 281 g/mol. The van der Waals surface area contributed by atoms with Crippen molar-refractivity contribution in [2.45, 2.75) is 103 Å². The Morgan fingerprint density at radius 1 is 0.950 bits per heavy atom. The van der Waals surface area contributed by atoms with E-state index in [0.717, 1.165) is 12.8 Å². The number of carbonyl (C=O) groups is 1. The van der Waals surface area contributed by atoms with Crippen molar-refractivity contribution >= 4 is 5.78 Å². The van der Waals surface area contributed by atoms with Crippen molar-refractivity contribution in [3.63, 3.8) is 0 Å². The molecule has 1 rings (SSSR count). The van der Waals surface area contributed by atoms with Crippen LogP contribution in [-0.2, 0) is 4.79 Å². The van der Waals surface area contributed by atoms with Gasteiger partial charge >= 0.3 is 0 Å². The van der Waals surface area contributed by atoms with Gasteiger partial charge in [-0.15, -0.1) is 0 Å². The zero-order valence-electron chi connectivity index (χ0n) is 13.5. The van der Waals surface area contributed by atoms with Crippen LogP contribution >= 0.6 is 0 Å². The first kappa shape index (κ1) is 17.7. The van der Waals surface area contributed by atoms with Gasteiger partial charge in [-0.05, 0) is 25.2 Å². The second kappa shape index (κ2) is 11.3. The first-order valence-corrected chi connectivity index (χ1v) is 9.01. The minimum absolute atomic E-state index is 0.158. The molecule has 2 heteroatoms. The highest BCUT2D eigenvalue weighted by atomic mass is 16.1. The van der Waals surface area contributed by atoms with Crippen molar-refractivity contribution < 1.29 is 4.79 Å². The van der Waals surface area contributed by atoms with E-state index < -0.39 is 0 Å². The Hall–Kier alpha value is -0.370. The van der Waals surface area contributed by atoms with Gasteiger partial charge in [-0.25, -0.2) is 0 Å². The maximum atomic E-state index is 11.7. The zero-order chi connectivity index (χ0) is 14.6. The molecule has 0 aromatic rings. The molecule has 0 amide bonds. The fraction of sp³-hybridized carbons (Fsp3) is 0.944. The number of unbranched alkanes of at least 4 members (excludes halogenated alkanes) is 9. The van der Waals surface area contributed by atoms with Gasteiger partial charge < -0.3 is 5.73 Å². The Morgan fingerprint density at radius 3 is 1.95 bits per heavy atom. The largest absolute Gasteiger partial charge is 0.327 e. The summed E-state index contributed by atoms with van der Waals surface area (Å²) < 4.78 is 0. The minimum Gasteiger partial charge on any atom is -0.327 e. The predicted molar refractivity (Wildman–Crippen MR) is 86.8 cm³/mol. The second-order valence-electron chi connectivity index (χ2n) is 6.68. The average Bonchev–Trinajstić information content (AvgIpc) is 3.25. The molecule has 1 aliphatic rings.